The van der Waals surface area contributed by atoms with E-state index in [4.69, 9.17) is 4.42 Å². The highest BCUT2D eigenvalue weighted by Gasteiger charge is 2.07. The van der Waals surface area contributed by atoms with Gasteiger partial charge >= 0.3 is 0 Å². The Morgan fingerprint density at radius 3 is 2.85 bits per heavy atom. The molecule has 0 bridgehead atoms. The van der Waals surface area contributed by atoms with Crippen molar-refractivity contribution in [3.63, 3.8) is 0 Å². The van der Waals surface area contributed by atoms with Gasteiger partial charge in [0.1, 0.15) is 0 Å². The number of benzene rings is 1. The fourth-order valence-corrected chi connectivity index (χ4v) is 2.04. The second kappa shape index (κ2) is 5.16. The molecule has 0 unspecified atom stereocenters. The Balaban J connectivity index is 1.76. The summed E-state index contributed by atoms with van der Waals surface area (Å²) in [5.41, 5.74) is 5.36. The van der Waals surface area contributed by atoms with Gasteiger partial charge in [0.25, 0.3) is 0 Å². The zero-order valence-corrected chi connectivity index (χ0v) is 11.3. The average molecular weight is 269 g/mol. The van der Waals surface area contributed by atoms with Gasteiger partial charge in [-0.25, -0.2) is 0 Å². The van der Waals surface area contributed by atoms with E-state index in [2.05, 4.69) is 25.7 Å². The molecule has 1 aromatic carbocycles. The van der Waals surface area contributed by atoms with Crippen molar-refractivity contribution in [2.45, 2.75) is 20.4 Å². The van der Waals surface area contributed by atoms with Gasteiger partial charge in [0.2, 0.25) is 12.3 Å². The van der Waals surface area contributed by atoms with Crippen LogP contribution in [0, 0.1) is 13.8 Å². The number of rotatable bonds is 4. The Morgan fingerprint density at radius 2 is 2.20 bits per heavy atom. The molecule has 3 aromatic rings. The highest BCUT2D eigenvalue weighted by molar-refractivity contribution is 5.62. The molecule has 20 heavy (non-hydrogen) atoms. The molecule has 0 aliphatic heterocycles. The number of aryl methyl sites for hydroxylation is 2. The number of nitrogens with one attached hydrogen (secondary N) is 2. The van der Waals surface area contributed by atoms with E-state index in [-0.39, 0.29) is 0 Å². The first-order valence-corrected chi connectivity index (χ1v) is 6.34. The predicted octanol–water partition coefficient (Wildman–Crippen LogP) is 2.69. The second-order valence-electron chi connectivity index (χ2n) is 4.65. The molecule has 3 rings (SSSR count). The predicted molar refractivity (Wildman–Crippen MR) is 75.1 cm³/mol. The molecule has 2 N–H and O–H groups in total. The van der Waals surface area contributed by atoms with Crippen molar-refractivity contribution in [1.82, 2.24) is 20.4 Å². The van der Waals surface area contributed by atoms with Gasteiger partial charge in [-0.1, -0.05) is 0 Å². The van der Waals surface area contributed by atoms with Gasteiger partial charge in [-0.05, 0) is 37.6 Å². The first-order valence-electron chi connectivity index (χ1n) is 6.34. The van der Waals surface area contributed by atoms with Gasteiger partial charge in [-0.15, -0.1) is 10.2 Å². The third kappa shape index (κ3) is 2.40. The lowest BCUT2D eigenvalue weighted by molar-refractivity contribution is 0.568. The van der Waals surface area contributed by atoms with Crippen molar-refractivity contribution in [3.8, 4) is 11.5 Å². The molecule has 0 atom stereocenters. The van der Waals surface area contributed by atoms with Crippen LogP contribution in [-0.4, -0.2) is 20.4 Å². The van der Waals surface area contributed by atoms with Crippen molar-refractivity contribution < 1.29 is 4.42 Å². The first-order chi connectivity index (χ1) is 9.74. The van der Waals surface area contributed by atoms with Crippen LogP contribution < -0.4 is 5.32 Å². The molecule has 0 saturated heterocycles. The molecule has 6 heteroatoms. The van der Waals surface area contributed by atoms with Crippen LogP contribution in [0.4, 0.5) is 5.69 Å². The molecule has 0 radical (unpaired) electrons. The summed E-state index contributed by atoms with van der Waals surface area (Å²) in [4.78, 5) is 0. The average Bonchev–Trinajstić information content (AvgIpc) is 3.09. The minimum atomic E-state index is 0.533. The number of aromatic amines is 1. The summed E-state index contributed by atoms with van der Waals surface area (Å²) in [5.74, 6) is 0.533. The first kappa shape index (κ1) is 12.4. The zero-order valence-electron chi connectivity index (χ0n) is 11.3. The maximum Gasteiger partial charge on any atom is 0.247 e. The van der Waals surface area contributed by atoms with Crippen molar-refractivity contribution in [2.24, 2.45) is 0 Å². The molecule has 102 valence electrons. The molecule has 0 spiro atoms. The van der Waals surface area contributed by atoms with Gasteiger partial charge in [0.05, 0.1) is 6.20 Å². The van der Waals surface area contributed by atoms with E-state index in [0.29, 0.717) is 5.89 Å². The Kier molecular flexibility index (Phi) is 3.20. The Morgan fingerprint density at radius 1 is 1.30 bits per heavy atom. The molecule has 0 amide bonds. The van der Waals surface area contributed by atoms with Crippen molar-refractivity contribution >= 4 is 5.69 Å². The van der Waals surface area contributed by atoms with Crippen molar-refractivity contribution in [2.75, 3.05) is 5.32 Å². The van der Waals surface area contributed by atoms with E-state index in [1.165, 1.54) is 6.39 Å². The van der Waals surface area contributed by atoms with Crippen molar-refractivity contribution in [1.29, 1.82) is 0 Å². The summed E-state index contributed by atoms with van der Waals surface area (Å²) in [6.07, 6.45) is 3.17. The zero-order chi connectivity index (χ0) is 13.9. The lowest BCUT2D eigenvalue weighted by Crippen LogP contribution is -2.01. The summed E-state index contributed by atoms with van der Waals surface area (Å²) < 4.78 is 5.19. The number of H-pyrrole nitrogens is 1. The SMILES string of the molecule is Cc1cc(-c2nnco2)ccc1NCc1cn[nH]c1C. The van der Waals surface area contributed by atoms with E-state index in [1.807, 2.05) is 38.2 Å². The fraction of sp³-hybridized carbons (Fsp3) is 0.214. The number of hydrogen-bond donors (Lipinski definition) is 2. The van der Waals surface area contributed by atoms with Crippen LogP contribution in [0.1, 0.15) is 16.8 Å². The minimum absolute atomic E-state index is 0.533. The molecular formula is C14H15N5O. The van der Waals surface area contributed by atoms with Crippen LogP contribution in [0.25, 0.3) is 11.5 Å². The van der Waals surface area contributed by atoms with Crippen LogP contribution in [0.5, 0.6) is 0 Å². The maximum absolute atomic E-state index is 5.19. The summed E-state index contributed by atoms with van der Waals surface area (Å²) in [7, 11) is 0. The van der Waals surface area contributed by atoms with Gasteiger partial charge in [0.15, 0.2) is 0 Å². The highest BCUT2D eigenvalue weighted by Crippen LogP contribution is 2.23. The van der Waals surface area contributed by atoms with Crippen LogP contribution in [0.3, 0.4) is 0 Å². The lowest BCUT2D eigenvalue weighted by atomic mass is 10.1. The Labute approximate surface area is 116 Å². The number of hydrogen-bond acceptors (Lipinski definition) is 5. The summed E-state index contributed by atoms with van der Waals surface area (Å²) in [6, 6.07) is 6.01. The van der Waals surface area contributed by atoms with Gasteiger partial charge in [-0.3, -0.25) is 5.10 Å². The molecule has 2 heterocycles. The molecule has 0 saturated carbocycles. The van der Waals surface area contributed by atoms with E-state index in [9.17, 15) is 0 Å². The van der Waals surface area contributed by atoms with E-state index >= 15 is 0 Å². The Bertz CT molecular complexity index is 702. The summed E-state index contributed by atoms with van der Waals surface area (Å²) in [6.45, 7) is 4.79. The monoisotopic (exact) mass is 269 g/mol. The smallest absolute Gasteiger partial charge is 0.247 e. The normalized spacial score (nSPS) is 10.7. The molecule has 2 aromatic heterocycles. The molecule has 0 fully saturated rings. The minimum Gasteiger partial charge on any atom is -0.423 e. The molecular weight excluding hydrogens is 254 g/mol. The summed E-state index contributed by atoms with van der Waals surface area (Å²) >= 11 is 0. The van der Waals surface area contributed by atoms with Crippen LogP contribution in [-0.2, 0) is 6.54 Å². The van der Waals surface area contributed by atoms with Gasteiger partial charge in [-0.2, -0.15) is 5.10 Å². The van der Waals surface area contributed by atoms with E-state index < -0.39 is 0 Å². The molecule has 0 aliphatic rings. The van der Waals surface area contributed by atoms with Gasteiger partial charge in [0, 0.05) is 29.1 Å². The third-order valence-electron chi connectivity index (χ3n) is 3.24. The van der Waals surface area contributed by atoms with E-state index in [1.54, 1.807) is 0 Å². The summed E-state index contributed by atoms with van der Waals surface area (Å²) in [5, 5.41) is 17.9. The van der Waals surface area contributed by atoms with Crippen LogP contribution >= 0.6 is 0 Å². The largest absolute Gasteiger partial charge is 0.423 e. The second-order valence-corrected chi connectivity index (χ2v) is 4.65. The third-order valence-corrected chi connectivity index (χ3v) is 3.24. The van der Waals surface area contributed by atoms with Crippen molar-refractivity contribution in [3.05, 3.63) is 47.6 Å². The standard InChI is InChI=1S/C14H15N5O/c1-9-5-11(14-19-17-8-20-14)3-4-13(9)15-6-12-7-16-18-10(12)2/h3-5,7-8,15H,6H2,1-2H3,(H,16,18). The highest BCUT2D eigenvalue weighted by atomic mass is 16.4. The van der Waals surface area contributed by atoms with Crippen LogP contribution in [0.15, 0.2) is 35.2 Å². The fourth-order valence-electron chi connectivity index (χ4n) is 2.04. The maximum atomic E-state index is 5.19. The van der Waals surface area contributed by atoms with Gasteiger partial charge < -0.3 is 9.73 Å². The lowest BCUT2D eigenvalue weighted by Gasteiger charge is -2.10. The quantitative estimate of drug-likeness (QED) is 0.761. The number of nitrogens with zero attached hydrogens (tertiary/aromatic N) is 3. The Hall–Kier alpha value is -2.63. The molecule has 0 aliphatic carbocycles. The topological polar surface area (TPSA) is 79.6 Å². The molecule has 6 nitrogen and oxygen atoms in total. The number of anilines is 1. The van der Waals surface area contributed by atoms with Crippen LogP contribution in [0.2, 0.25) is 0 Å². The number of aromatic nitrogens is 4. The van der Waals surface area contributed by atoms with E-state index in [0.717, 1.165) is 34.6 Å².